The lowest BCUT2D eigenvalue weighted by atomic mass is 9.96. The molecule has 0 bridgehead atoms. The third-order valence-electron chi connectivity index (χ3n) is 5.97. The molecule has 0 atom stereocenters. The number of hydrogen-bond acceptors (Lipinski definition) is 8. The van der Waals surface area contributed by atoms with Gasteiger partial charge in [0.25, 0.3) is 0 Å². The molecule has 6 N–H and O–H groups in total. The Kier molecular flexibility index (Phi) is 5.43. The van der Waals surface area contributed by atoms with Gasteiger partial charge in [0.05, 0.1) is 11.3 Å². The summed E-state index contributed by atoms with van der Waals surface area (Å²) in [6.07, 6.45) is 5.73. The number of aliphatic hydroxyl groups excluding tert-OH is 1. The van der Waals surface area contributed by atoms with E-state index >= 15 is 0 Å². The fraction of sp³-hybridized carbons (Fsp3) is 0.240. The molecular formula is C25H27N7O2. The highest BCUT2D eigenvalue weighted by Crippen LogP contribution is 2.30. The SMILES string of the molecule is CC1(O)CN(c2ccc(Nc3nc(-c4ccc(C(=N)CCO)c(N)c4)cn4ccnc34)cc2)C1. The number of nitrogen functional groups attached to an aromatic ring is 1. The van der Waals surface area contributed by atoms with Crippen LogP contribution in [0.1, 0.15) is 18.9 Å². The molecule has 1 fully saturated rings. The Morgan fingerprint density at radius 2 is 1.97 bits per heavy atom. The average molecular weight is 458 g/mol. The molecule has 1 aliphatic rings. The predicted octanol–water partition coefficient (Wildman–Crippen LogP) is 3.04. The zero-order valence-corrected chi connectivity index (χ0v) is 18.9. The van der Waals surface area contributed by atoms with Crippen LogP contribution in [0, 0.1) is 5.41 Å². The number of rotatable bonds is 7. The van der Waals surface area contributed by atoms with Crippen molar-refractivity contribution < 1.29 is 10.2 Å². The van der Waals surface area contributed by atoms with Gasteiger partial charge in [-0.25, -0.2) is 9.97 Å². The maximum Gasteiger partial charge on any atom is 0.180 e. The number of benzene rings is 2. The van der Waals surface area contributed by atoms with Crippen LogP contribution in [0.25, 0.3) is 16.9 Å². The van der Waals surface area contributed by atoms with E-state index in [4.69, 9.17) is 21.2 Å². The maximum atomic E-state index is 9.98. The number of nitrogens with zero attached hydrogens (tertiary/aromatic N) is 4. The Morgan fingerprint density at radius 1 is 1.21 bits per heavy atom. The first-order chi connectivity index (χ1) is 16.3. The minimum absolute atomic E-state index is 0.0895. The van der Waals surface area contributed by atoms with Crippen LogP contribution in [-0.4, -0.2) is 55.6 Å². The minimum atomic E-state index is -0.617. The molecule has 174 valence electrons. The van der Waals surface area contributed by atoms with Crippen molar-refractivity contribution in [3.8, 4) is 11.3 Å². The van der Waals surface area contributed by atoms with E-state index in [1.807, 2.05) is 54.0 Å². The first kappa shape index (κ1) is 21.9. The summed E-state index contributed by atoms with van der Waals surface area (Å²) in [7, 11) is 0. The van der Waals surface area contributed by atoms with Gasteiger partial charge in [-0.3, -0.25) is 0 Å². The quantitative estimate of drug-likeness (QED) is 0.213. The topological polar surface area (TPSA) is 136 Å². The van der Waals surface area contributed by atoms with Gasteiger partial charge in [0.15, 0.2) is 11.5 Å². The molecule has 9 heteroatoms. The molecular weight excluding hydrogens is 430 g/mol. The van der Waals surface area contributed by atoms with Crippen molar-refractivity contribution in [3.05, 3.63) is 66.6 Å². The average Bonchev–Trinajstić information content (AvgIpc) is 3.27. The van der Waals surface area contributed by atoms with Gasteiger partial charge in [-0.05, 0) is 37.3 Å². The Balaban J connectivity index is 1.42. The summed E-state index contributed by atoms with van der Waals surface area (Å²) >= 11 is 0. The number of hydrogen-bond donors (Lipinski definition) is 5. The van der Waals surface area contributed by atoms with Crippen molar-refractivity contribution in [2.24, 2.45) is 0 Å². The highest BCUT2D eigenvalue weighted by molar-refractivity contribution is 6.03. The van der Waals surface area contributed by atoms with Crippen LogP contribution < -0.4 is 16.0 Å². The lowest BCUT2D eigenvalue weighted by Gasteiger charge is -2.45. The number of fused-ring (bicyclic) bond motifs is 1. The fourth-order valence-corrected chi connectivity index (χ4v) is 4.25. The highest BCUT2D eigenvalue weighted by atomic mass is 16.3. The molecule has 9 nitrogen and oxygen atoms in total. The lowest BCUT2D eigenvalue weighted by molar-refractivity contribution is 0.0310. The first-order valence-electron chi connectivity index (χ1n) is 11.1. The van der Waals surface area contributed by atoms with Crippen LogP contribution >= 0.6 is 0 Å². The standard InChI is InChI=1S/C25H27N7O2/c1-25(34)14-32(15-25)18-5-3-17(4-6-18)29-23-24-28-9-10-31(24)13-22(30-23)16-2-7-19(21(27)12-16)20(26)8-11-33/h2-7,9-10,12-13,26,33-34H,8,11,14-15,27H2,1H3,(H,29,30). The molecule has 1 aliphatic heterocycles. The molecule has 1 saturated heterocycles. The highest BCUT2D eigenvalue weighted by Gasteiger charge is 2.36. The van der Waals surface area contributed by atoms with Gasteiger partial charge in [-0.1, -0.05) is 12.1 Å². The van der Waals surface area contributed by atoms with E-state index in [1.165, 1.54) is 0 Å². The molecule has 0 spiro atoms. The summed E-state index contributed by atoms with van der Waals surface area (Å²) in [5.74, 6) is 0.609. The van der Waals surface area contributed by atoms with Gasteiger partial charge < -0.3 is 36.0 Å². The smallest absolute Gasteiger partial charge is 0.180 e. The van der Waals surface area contributed by atoms with Gasteiger partial charge >= 0.3 is 0 Å². The summed E-state index contributed by atoms with van der Waals surface area (Å²) in [6.45, 7) is 3.00. The number of β-amino-alcohol motifs (C(OH)–C–C–N with tert-alkyl or cyclic N) is 1. The van der Waals surface area contributed by atoms with Crippen LogP contribution in [0.2, 0.25) is 0 Å². The Bertz CT molecular complexity index is 1350. The summed E-state index contributed by atoms with van der Waals surface area (Å²) in [4.78, 5) is 11.4. The molecule has 4 aromatic rings. The van der Waals surface area contributed by atoms with Gasteiger partial charge in [0.1, 0.15) is 0 Å². The third-order valence-corrected chi connectivity index (χ3v) is 5.97. The zero-order valence-electron chi connectivity index (χ0n) is 18.9. The van der Waals surface area contributed by atoms with Crippen molar-refractivity contribution in [1.29, 1.82) is 5.41 Å². The monoisotopic (exact) mass is 457 g/mol. The van der Waals surface area contributed by atoms with E-state index in [9.17, 15) is 5.11 Å². The third kappa shape index (κ3) is 4.18. The largest absolute Gasteiger partial charge is 0.398 e. The van der Waals surface area contributed by atoms with Gasteiger partial charge in [-0.15, -0.1) is 0 Å². The van der Waals surface area contributed by atoms with E-state index < -0.39 is 5.60 Å². The summed E-state index contributed by atoms with van der Waals surface area (Å²) in [6, 6.07) is 13.5. The van der Waals surface area contributed by atoms with Crippen LogP contribution in [-0.2, 0) is 0 Å². The molecule has 3 heterocycles. The second kappa shape index (κ2) is 8.44. The number of aliphatic hydroxyl groups is 2. The summed E-state index contributed by atoms with van der Waals surface area (Å²) in [5.41, 5.74) is 11.1. The van der Waals surface area contributed by atoms with Crippen LogP contribution in [0.15, 0.2) is 61.1 Å². The second-order valence-corrected chi connectivity index (χ2v) is 8.91. The first-order valence-corrected chi connectivity index (χ1v) is 11.1. The molecule has 0 saturated carbocycles. The normalized spacial score (nSPS) is 14.7. The van der Waals surface area contributed by atoms with E-state index in [0.717, 1.165) is 16.9 Å². The Hall–Kier alpha value is -3.95. The minimum Gasteiger partial charge on any atom is -0.398 e. The van der Waals surface area contributed by atoms with Crippen molar-refractivity contribution >= 4 is 34.2 Å². The molecule has 34 heavy (non-hydrogen) atoms. The van der Waals surface area contributed by atoms with Crippen molar-refractivity contribution in [2.75, 3.05) is 35.6 Å². The molecule has 0 aliphatic carbocycles. The molecule has 2 aromatic heterocycles. The fourth-order valence-electron chi connectivity index (χ4n) is 4.25. The van der Waals surface area contributed by atoms with Gasteiger partial charge in [-0.2, -0.15) is 0 Å². The number of nitrogens with one attached hydrogen (secondary N) is 2. The van der Waals surface area contributed by atoms with Crippen LogP contribution in [0.4, 0.5) is 22.9 Å². The predicted molar refractivity (Wildman–Crippen MR) is 134 cm³/mol. The zero-order chi connectivity index (χ0) is 23.9. The molecule has 0 amide bonds. The second-order valence-electron chi connectivity index (χ2n) is 8.91. The number of aromatic nitrogens is 3. The molecule has 0 unspecified atom stereocenters. The Morgan fingerprint density at radius 3 is 2.65 bits per heavy atom. The van der Waals surface area contributed by atoms with Crippen LogP contribution in [0.3, 0.4) is 0 Å². The van der Waals surface area contributed by atoms with E-state index in [2.05, 4.69) is 15.2 Å². The summed E-state index contributed by atoms with van der Waals surface area (Å²) in [5, 5.41) is 30.5. The maximum absolute atomic E-state index is 9.98. The van der Waals surface area contributed by atoms with Gasteiger partial charge in [0, 0.05) is 78.6 Å². The Labute approximate surface area is 197 Å². The molecule has 5 rings (SSSR count). The van der Waals surface area contributed by atoms with Crippen molar-refractivity contribution in [2.45, 2.75) is 18.9 Å². The molecule has 2 aromatic carbocycles. The van der Waals surface area contributed by atoms with Crippen molar-refractivity contribution in [1.82, 2.24) is 14.4 Å². The number of nitrogens with two attached hydrogens (primary N) is 1. The van der Waals surface area contributed by atoms with E-state index in [-0.39, 0.29) is 13.0 Å². The summed E-state index contributed by atoms with van der Waals surface area (Å²) < 4.78 is 1.90. The van der Waals surface area contributed by atoms with E-state index in [1.54, 1.807) is 18.3 Å². The van der Waals surface area contributed by atoms with Crippen molar-refractivity contribution in [3.63, 3.8) is 0 Å². The number of anilines is 4. The lowest BCUT2D eigenvalue weighted by Crippen LogP contribution is -2.60. The molecule has 0 radical (unpaired) electrons. The van der Waals surface area contributed by atoms with E-state index in [0.29, 0.717) is 47.2 Å². The van der Waals surface area contributed by atoms with Crippen LogP contribution in [0.5, 0.6) is 0 Å². The number of imidazole rings is 1. The van der Waals surface area contributed by atoms with Gasteiger partial charge in [0.2, 0.25) is 0 Å².